The van der Waals surface area contributed by atoms with Gasteiger partial charge in [-0.3, -0.25) is 9.59 Å². The molecule has 0 atom stereocenters. The Morgan fingerprint density at radius 3 is 2.92 bits per heavy atom. The van der Waals surface area contributed by atoms with Crippen LogP contribution in [0.3, 0.4) is 0 Å². The molecule has 3 aromatic heterocycles. The molecule has 4 aromatic rings. The largest absolute Gasteiger partial charge is 0.365 e. The number of fused-ring (bicyclic) bond motifs is 2. The van der Waals surface area contributed by atoms with Gasteiger partial charge in [0, 0.05) is 18.2 Å². The summed E-state index contributed by atoms with van der Waals surface area (Å²) in [5, 5.41) is 12.1. The molecule has 0 aliphatic rings. The van der Waals surface area contributed by atoms with E-state index in [0.717, 1.165) is 27.7 Å². The van der Waals surface area contributed by atoms with Crippen LogP contribution in [0.1, 0.15) is 17.3 Å². The van der Waals surface area contributed by atoms with Gasteiger partial charge in [-0.2, -0.15) is 9.61 Å². The molecule has 0 saturated carbocycles. The lowest BCUT2D eigenvalue weighted by Crippen LogP contribution is -2.16. The van der Waals surface area contributed by atoms with Crippen LogP contribution >= 0.6 is 0 Å². The fourth-order valence-corrected chi connectivity index (χ4v) is 2.69. The normalized spacial score (nSPS) is 11.4. The van der Waals surface area contributed by atoms with Gasteiger partial charge in [-0.1, -0.05) is 11.3 Å². The molecule has 0 spiro atoms. The summed E-state index contributed by atoms with van der Waals surface area (Å²) in [6, 6.07) is 6.99. The van der Waals surface area contributed by atoms with E-state index in [1.807, 2.05) is 25.1 Å². The zero-order valence-electron chi connectivity index (χ0n) is 12.7. The van der Waals surface area contributed by atoms with Crippen molar-refractivity contribution in [1.29, 1.82) is 0 Å². The van der Waals surface area contributed by atoms with E-state index >= 15 is 0 Å². The molecule has 4 rings (SSSR count). The maximum atomic E-state index is 12.2. The van der Waals surface area contributed by atoms with Crippen LogP contribution < -0.4 is 11.3 Å². The van der Waals surface area contributed by atoms with E-state index in [1.54, 1.807) is 4.68 Å². The van der Waals surface area contributed by atoms with Gasteiger partial charge < -0.3 is 10.7 Å². The van der Waals surface area contributed by atoms with Crippen LogP contribution in [0.2, 0.25) is 0 Å². The third-order valence-corrected chi connectivity index (χ3v) is 3.89. The lowest BCUT2D eigenvalue weighted by molar-refractivity contribution is 0.100. The summed E-state index contributed by atoms with van der Waals surface area (Å²) < 4.78 is 2.89. The number of amides is 1. The Balaban J connectivity index is 1.94. The van der Waals surface area contributed by atoms with Gasteiger partial charge in [0.2, 0.25) is 0 Å². The highest BCUT2D eigenvalue weighted by Crippen LogP contribution is 2.22. The van der Waals surface area contributed by atoms with E-state index in [1.165, 1.54) is 12.3 Å². The number of H-pyrrole nitrogens is 1. The molecular weight excluding hydrogens is 310 g/mol. The van der Waals surface area contributed by atoms with Crippen LogP contribution in [0.4, 0.5) is 0 Å². The van der Waals surface area contributed by atoms with Crippen molar-refractivity contribution in [2.24, 2.45) is 5.73 Å². The Kier molecular flexibility index (Phi) is 2.95. The van der Waals surface area contributed by atoms with Crippen molar-refractivity contribution < 1.29 is 4.79 Å². The quantitative estimate of drug-likeness (QED) is 0.570. The first kappa shape index (κ1) is 14.1. The molecule has 3 N–H and O–H groups in total. The summed E-state index contributed by atoms with van der Waals surface area (Å²) in [6.07, 6.45) is 1.27. The molecule has 0 saturated heterocycles. The predicted octanol–water partition coefficient (Wildman–Crippen LogP) is 0.553. The van der Waals surface area contributed by atoms with E-state index in [-0.39, 0.29) is 16.8 Å². The molecule has 1 amide bonds. The van der Waals surface area contributed by atoms with Crippen LogP contribution in [-0.4, -0.2) is 35.5 Å². The zero-order valence-corrected chi connectivity index (χ0v) is 12.7. The average Bonchev–Trinajstić information content (AvgIpc) is 3.17. The monoisotopic (exact) mass is 323 g/mol. The van der Waals surface area contributed by atoms with Crippen LogP contribution in [0.25, 0.3) is 27.9 Å². The smallest absolute Gasteiger partial charge is 0.274 e. The number of hydrogen-bond acceptors (Lipinski definition) is 5. The number of carbonyl (C=O) groups is 1. The first-order valence-corrected chi connectivity index (χ1v) is 7.33. The summed E-state index contributed by atoms with van der Waals surface area (Å²) in [5.41, 5.74) is 8.31. The SMILES string of the molecule is CCn1nnc2cc(-c3cc(=O)n4ncc(C(N)=O)c4[nH]3)ccc21. The van der Waals surface area contributed by atoms with Crippen molar-refractivity contribution in [3.05, 3.63) is 46.4 Å². The van der Waals surface area contributed by atoms with Gasteiger partial charge in [-0.05, 0) is 19.1 Å². The molecule has 0 bridgehead atoms. The standard InChI is InChI=1S/C15H13N7O2/c1-2-21-12-4-3-8(5-11(12)19-20-21)10-6-13(23)22-15(18-10)9(7-17-22)14(16)24/h3-7,18H,2H2,1H3,(H2,16,24). The van der Waals surface area contributed by atoms with Gasteiger partial charge in [0.05, 0.1) is 17.4 Å². The van der Waals surface area contributed by atoms with Gasteiger partial charge in [0.1, 0.15) is 11.1 Å². The third kappa shape index (κ3) is 1.98. The fourth-order valence-electron chi connectivity index (χ4n) is 2.69. The minimum Gasteiger partial charge on any atom is -0.365 e. The number of nitrogens with two attached hydrogens (primary N) is 1. The molecule has 0 unspecified atom stereocenters. The topological polar surface area (TPSA) is 124 Å². The van der Waals surface area contributed by atoms with Gasteiger partial charge in [-0.15, -0.1) is 5.10 Å². The number of nitrogens with one attached hydrogen (secondary N) is 1. The van der Waals surface area contributed by atoms with Crippen LogP contribution in [0, 0.1) is 0 Å². The molecule has 3 heterocycles. The summed E-state index contributed by atoms with van der Waals surface area (Å²) >= 11 is 0. The fraction of sp³-hybridized carbons (Fsp3) is 0.133. The van der Waals surface area contributed by atoms with Crippen molar-refractivity contribution in [2.45, 2.75) is 13.5 Å². The Morgan fingerprint density at radius 1 is 1.33 bits per heavy atom. The van der Waals surface area contributed by atoms with Gasteiger partial charge >= 0.3 is 0 Å². The summed E-state index contributed by atoms with van der Waals surface area (Å²) in [7, 11) is 0. The summed E-state index contributed by atoms with van der Waals surface area (Å²) in [5.74, 6) is -0.654. The highest BCUT2D eigenvalue weighted by atomic mass is 16.1. The number of aryl methyl sites for hydroxylation is 1. The Hall–Kier alpha value is -3.49. The maximum absolute atomic E-state index is 12.2. The van der Waals surface area contributed by atoms with Crippen molar-refractivity contribution in [3.63, 3.8) is 0 Å². The minimum atomic E-state index is -0.654. The number of hydrogen-bond donors (Lipinski definition) is 2. The maximum Gasteiger partial charge on any atom is 0.274 e. The summed E-state index contributed by atoms with van der Waals surface area (Å²) in [6.45, 7) is 2.70. The van der Waals surface area contributed by atoms with Crippen molar-refractivity contribution in [3.8, 4) is 11.3 Å². The van der Waals surface area contributed by atoms with Crippen LogP contribution in [0.5, 0.6) is 0 Å². The van der Waals surface area contributed by atoms with E-state index in [2.05, 4.69) is 20.4 Å². The molecule has 1 aromatic carbocycles. The zero-order chi connectivity index (χ0) is 16.8. The van der Waals surface area contributed by atoms with Crippen LogP contribution in [0.15, 0.2) is 35.3 Å². The molecule has 9 nitrogen and oxygen atoms in total. The number of aromatic nitrogens is 6. The molecule has 0 aliphatic carbocycles. The molecule has 0 aliphatic heterocycles. The molecule has 0 fully saturated rings. The van der Waals surface area contributed by atoms with E-state index < -0.39 is 5.91 Å². The predicted molar refractivity (Wildman–Crippen MR) is 86.5 cm³/mol. The number of aromatic amines is 1. The third-order valence-electron chi connectivity index (χ3n) is 3.89. The minimum absolute atomic E-state index is 0.159. The lowest BCUT2D eigenvalue weighted by atomic mass is 10.1. The first-order chi connectivity index (χ1) is 11.6. The van der Waals surface area contributed by atoms with Crippen LogP contribution in [-0.2, 0) is 6.54 Å². The van der Waals surface area contributed by atoms with E-state index in [4.69, 9.17) is 5.73 Å². The highest BCUT2D eigenvalue weighted by Gasteiger charge is 2.14. The van der Waals surface area contributed by atoms with Crippen molar-refractivity contribution >= 4 is 22.6 Å². The molecular formula is C15H13N7O2. The second-order valence-corrected chi connectivity index (χ2v) is 5.31. The number of nitrogens with zero attached hydrogens (tertiary/aromatic N) is 5. The van der Waals surface area contributed by atoms with E-state index in [9.17, 15) is 9.59 Å². The molecule has 120 valence electrons. The summed E-state index contributed by atoms with van der Waals surface area (Å²) in [4.78, 5) is 26.7. The van der Waals surface area contributed by atoms with Gasteiger partial charge in [0.15, 0.2) is 5.65 Å². The molecule has 24 heavy (non-hydrogen) atoms. The Labute approximate surface area is 134 Å². The molecule has 9 heteroatoms. The second-order valence-electron chi connectivity index (χ2n) is 5.31. The van der Waals surface area contributed by atoms with Crippen molar-refractivity contribution in [1.82, 2.24) is 29.6 Å². The number of carbonyl (C=O) groups excluding carboxylic acids is 1. The lowest BCUT2D eigenvalue weighted by Gasteiger charge is -2.04. The van der Waals surface area contributed by atoms with Crippen molar-refractivity contribution in [2.75, 3.05) is 0 Å². The average molecular weight is 323 g/mol. The van der Waals surface area contributed by atoms with Gasteiger partial charge in [-0.25, -0.2) is 4.68 Å². The second kappa shape index (κ2) is 5.01. The number of rotatable bonds is 3. The molecule has 0 radical (unpaired) electrons. The number of benzene rings is 1. The van der Waals surface area contributed by atoms with E-state index in [0.29, 0.717) is 5.69 Å². The Bertz CT molecular complexity index is 1150. The first-order valence-electron chi connectivity index (χ1n) is 7.33. The van der Waals surface area contributed by atoms with Gasteiger partial charge in [0.25, 0.3) is 11.5 Å². The highest BCUT2D eigenvalue weighted by molar-refractivity contribution is 5.98. The Morgan fingerprint density at radius 2 is 2.17 bits per heavy atom. The number of primary amides is 1.